The van der Waals surface area contributed by atoms with Gasteiger partial charge in [0.2, 0.25) is 0 Å². The zero-order valence-corrected chi connectivity index (χ0v) is 20.4. The average Bonchev–Trinajstić information content (AvgIpc) is 2.87. The van der Waals surface area contributed by atoms with Crippen LogP contribution in [-0.2, 0) is 19.3 Å². The number of benzene rings is 3. The smallest absolute Gasteiger partial charge is 0.165 e. The fourth-order valence-corrected chi connectivity index (χ4v) is 4.57. The maximum atomic E-state index is 11.2. The summed E-state index contributed by atoms with van der Waals surface area (Å²) in [5, 5.41) is 11.2. The van der Waals surface area contributed by atoms with E-state index in [1.165, 1.54) is 11.1 Å². The molecule has 5 nitrogen and oxygen atoms in total. The maximum Gasteiger partial charge on any atom is 0.165 e. The molecule has 1 aliphatic rings. The van der Waals surface area contributed by atoms with Crippen molar-refractivity contribution in [2.45, 2.75) is 25.3 Å². The molecule has 0 bridgehead atoms. The van der Waals surface area contributed by atoms with Crippen LogP contribution in [0.2, 0.25) is 0 Å². The molecule has 0 spiro atoms. The summed E-state index contributed by atoms with van der Waals surface area (Å²) < 4.78 is 16.4. The minimum absolute atomic E-state index is 0. The molecule has 1 heterocycles. The lowest BCUT2D eigenvalue weighted by Gasteiger charge is -2.28. The van der Waals surface area contributed by atoms with Crippen LogP contribution < -0.4 is 14.2 Å². The van der Waals surface area contributed by atoms with Gasteiger partial charge in [-0.05, 0) is 78.9 Å². The number of halogens is 1. The van der Waals surface area contributed by atoms with Crippen molar-refractivity contribution in [3.8, 4) is 34.1 Å². The fraction of sp³-hybridized carbons (Fsp3) is 0.333. The Morgan fingerprint density at radius 3 is 2.36 bits per heavy atom. The first kappa shape index (κ1) is 24.7. The van der Waals surface area contributed by atoms with Crippen LogP contribution >= 0.6 is 12.4 Å². The van der Waals surface area contributed by atoms with Crippen LogP contribution in [0.25, 0.3) is 11.1 Å². The van der Waals surface area contributed by atoms with Crippen LogP contribution in [0.3, 0.4) is 0 Å². The van der Waals surface area contributed by atoms with Gasteiger partial charge in [-0.3, -0.25) is 0 Å². The zero-order valence-electron chi connectivity index (χ0n) is 19.6. The number of rotatable bonds is 5. The Balaban J connectivity index is 0.00000306. The van der Waals surface area contributed by atoms with Crippen molar-refractivity contribution in [2.24, 2.45) is 0 Å². The lowest BCUT2D eigenvalue weighted by molar-refractivity contribution is 0.241. The Labute approximate surface area is 202 Å². The zero-order chi connectivity index (χ0) is 22.7. The number of fused-ring (bicyclic) bond motifs is 3. The van der Waals surface area contributed by atoms with Gasteiger partial charge >= 0.3 is 0 Å². The van der Waals surface area contributed by atoms with Crippen LogP contribution in [0.1, 0.15) is 16.7 Å². The molecule has 0 saturated heterocycles. The third-order valence-corrected chi connectivity index (χ3v) is 6.45. The molecule has 0 radical (unpaired) electrons. The van der Waals surface area contributed by atoms with Gasteiger partial charge in [-0.2, -0.15) is 0 Å². The maximum absolute atomic E-state index is 11.2. The molecule has 4 rings (SSSR count). The monoisotopic (exact) mass is 469 g/mol. The highest BCUT2D eigenvalue weighted by molar-refractivity contribution is 5.85. The Hall–Kier alpha value is -2.89. The van der Waals surface area contributed by atoms with Gasteiger partial charge in [-0.1, -0.05) is 24.3 Å². The van der Waals surface area contributed by atoms with Gasteiger partial charge in [0.05, 0.1) is 21.3 Å². The van der Waals surface area contributed by atoms with Crippen LogP contribution in [0.4, 0.5) is 0 Å². The molecule has 1 atom stereocenters. The summed E-state index contributed by atoms with van der Waals surface area (Å²) in [4.78, 5) is 2.42. The van der Waals surface area contributed by atoms with Crippen LogP contribution in [0, 0.1) is 0 Å². The topological polar surface area (TPSA) is 51.2 Å². The molecule has 176 valence electrons. The number of methoxy groups -OCH3 is 3. The van der Waals surface area contributed by atoms with E-state index in [9.17, 15) is 5.11 Å². The van der Waals surface area contributed by atoms with Gasteiger partial charge in [0.25, 0.3) is 0 Å². The number of ether oxygens (including phenoxy) is 3. The van der Waals surface area contributed by atoms with E-state index >= 15 is 0 Å². The first-order valence-corrected chi connectivity index (χ1v) is 10.9. The van der Waals surface area contributed by atoms with E-state index in [-0.39, 0.29) is 24.2 Å². The molecule has 0 aromatic heterocycles. The molecule has 0 fully saturated rings. The molecule has 1 unspecified atom stereocenters. The summed E-state index contributed by atoms with van der Waals surface area (Å²) in [6.45, 7) is 0.917. The Morgan fingerprint density at radius 2 is 1.64 bits per heavy atom. The summed E-state index contributed by atoms with van der Waals surface area (Å²) in [5.41, 5.74) is 5.36. The molecule has 1 aliphatic heterocycles. The second-order valence-corrected chi connectivity index (χ2v) is 8.32. The van der Waals surface area contributed by atoms with Gasteiger partial charge in [0.15, 0.2) is 11.5 Å². The summed E-state index contributed by atoms with van der Waals surface area (Å²) in [6, 6.07) is 18.6. The molecule has 33 heavy (non-hydrogen) atoms. The lowest BCUT2D eigenvalue weighted by atomic mass is 9.89. The summed E-state index contributed by atoms with van der Waals surface area (Å²) >= 11 is 0. The quantitative estimate of drug-likeness (QED) is 0.560. The van der Waals surface area contributed by atoms with Gasteiger partial charge < -0.3 is 24.2 Å². The summed E-state index contributed by atoms with van der Waals surface area (Å²) in [5.74, 6) is 2.31. The third kappa shape index (κ3) is 5.21. The second kappa shape index (κ2) is 10.8. The van der Waals surface area contributed by atoms with Gasteiger partial charge in [0, 0.05) is 18.2 Å². The van der Waals surface area contributed by atoms with E-state index in [2.05, 4.69) is 36.2 Å². The molecular weight excluding hydrogens is 438 g/mol. The average molecular weight is 470 g/mol. The predicted octanol–water partition coefficient (Wildman–Crippen LogP) is 5.15. The molecule has 0 amide bonds. The lowest BCUT2D eigenvalue weighted by Crippen LogP contribution is -2.36. The van der Waals surface area contributed by atoms with Gasteiger partial charge in [-0.15, -0.1) is 12.4 Å². The van der Waals surface area contributed by atoms with Crippen LogP contribution in [0.15, 0.2) is 54.6 Å². The van der Waals surface area contributed by atoms with Gasteiger partial charge in [-0.25, -0.2) is 0 Å². The minimum Gasteiger partial charge on any atom is -0.504 e. The van der Waals surface area contributed by atoms with Crippen molar-refractivity contribution in [1.29, 1.82) is 0 Å². The van der Waals surface area contributed by atoms with Crippen molar-refractivity contribution in [3.05, 3.63) is 71.3 Å². The molecule has 0 saturated carbocycles. The highest BCUT2D eigenvalue weighted by atomic mass is 35.5. The Kier molecular flexibility index (Phi) is 8.11. The number of likely N-dealkylation sites (N-methyl/N-ethyl adjacent to an activating group) is 1. The largest absolute Gasteiger partial charge is 0.504 e. The van der Waals surface area contributed by atoms with E-state index in [0.29, 0.717) is 5.75 Å². The number of aromatic hydroxyl groups is 1. The number of hydrogen-bond donors (Lipinski definition) is 1. The highest BCUT2D eigenvalue weighted by Gasteiger charge is 2.25. The Morgan fingerprint density at radius 1 is 0.909 bits per heavy atom. The van der Waals surface area contributed by atoms with Crippen molar-refractivity contribution in [3.63, 3.8) is 0 Å². The molecule has 1 N–H and O–H groups in total. The van der Waals surface area contributed by atoms with Crippen LogP contribution in [0.5, 0.6) is 23.0 Å². The number of nitrogens with zero attached hydrogens (tertiary/aromatic N) is 1. The molecule has 3 aromatic rings. The van der Waals surface area contributed by atoms with Crippen molar-refractivity contribution < 1.29 is 19.3 Å². The summed E-state index contributed by atoms with van der Waals surface area (Å²) in [7, 11) is 7.13. The third-order valence-electron chi connectivity index (χ3n) is 6.45. The van der Waals surface area contributed by atoms with Gasteiger partial charge in [0.1, 0.15) is 11.5 Å². The van der Waals surface area contributed by atoms with Crippen molar-refractivity contribution >= 4 is 12.4 Å². The SMILES string of the molecule is COc1cccc(CC2Cc3ccc(OC)c(O)c3-c3cc(OC)ccc3CCN2C)c1.Cl. The van der Waals surface area contributed by atoms with E-state index in [0.717, 1.165) is 54.0 Å². The first-order valence-electron chi connectivity index (χ1n) is 10.9. The van der Waals surface area contributed by atoms with E-state index in [1.807, 2.05) is 30.3 Å². The van der Waals surface area contributed by atoms with Crippen molar-refractivity contribution in [1.82, 2.24) is 4.90 Å². The Bertz CT molecular complexity index is 1100. The minimum atomic E-state index is 0. The van der Waals surface area contributed by atoms with E-state index in [1.54, 1.807) is 21.3 Å². The number of phenols is 1. The second-order valence-electron chi connectivity index (χ2n) is 8.32. The molecule has 0 aliphatic carbocycles. The van der Waals surface area contributed by atoms with Crippen molar-refractivity contribution in [2.75, 3.05) is 34.9 Å². The van der Waals surface area contributed by atoms with Crippen LogP contribution in [-0.4, -0.2) is 51.0 Å². The highest BCUT2D eigenvalue weighted by Crippen LogP contribution is 2.43. The molecule has 3 aromatic carbocycles. The number of phenolic OH excluding ortho intramolecular Hbond substituents is 1. The fourth-order valence-electron chi connectivity index (χ4n) is 4.57. The normalized spacial score (nSPS) is 15.7. The standard InChI is InChI=1S/C27H31NO4.ClH/c1-28-13-12-19-8-10-23(31-3)17-24(19)26-20(9-11-25(32-4)27(26)29)16-21(28)14-18-6-5-7-22(15-18)30-2;/h5-11,15,17,21,29H,12-14,16H2,1-4H3;1H. The summed E-state index contributed by atoms with van der Waals surface area (Å²) in [6.07, 6.45) is 2.57. The predicted molar refractivity (Wildman–Crippen MR) is 134 cm³/mol. The number of hydrogen-bond acceptors (Lipinski definition) is 5. The molecular formula is C27H32ClNO4. The van der Waals surface area contributed by atoms with E-state index < -0.39 is 0 Å². The molecule has 6 heteroatoms. The van der Waals surface area contributed by atoms with E-state index in [4.69, 9.17) is 14.2 Å². The first-order chi connectivity index (χ1) is 15.5.